The molecule has 0 bridgehead atoms. The molecule has 0 aliphatic carbocycles. The van der Waals surface area contributed by atoms with Crippen molar-refractivity contribution in [3.63, 3.8) is 0 Å². The molecule has 2 N–H and O–H groups in total. The fraction of sp³-hybridized carbons (Fsp3) is 0.333. The van der Waals surface area contributed by atoms with E-state index in [1.807, 2.05) is 5.32 Å². The van der Waals surface area contributed by atoms with Crippen molar-refractivity contribution in [2.45, 2.75) is 12.5 Å². The first-order valence-corrected chi connectivity index (χ1v) is 7.86. The molecule has 0 saturated carbocycles. The summed E-state index contributed by atoms with van der Waals surface area (Å²) < 4.78 is 48.5. The van der Waals surface area contributed by atoms with Gasteiger partial charge in [0.15, 0.2) is 9.84 Å². The Balaban J connectivity index is 1.95. The van der Waals surface area contributed by atoms with Crippen LogP contribution in [0.2, 0.25) is 0 Å². The quantitative estimate of drug-likeness (QED) is 0.762. The molecule has 1 aliphatic heterocycles. The zero-order valence-electron chi connectivity index (χ0n) is 10.7. The minimum atomic E-state index is -3.19. The van der Waals surface area contributed by atoms with Crippen molar-refractivity contribution in [3.05, 3.63) is 29.8 Å². The molecule has 2 amide bonds. The minimum Gasteiger partial charge on any atom is -0.344 e. The van der Waals surface area contributed by atoms with Gasteiger partial charge in [0.1, 0.15) is 11.6 Å². The largest absolute Gasteiger partial charge is 0.344 e. The van der Waals surface area contributed by atoms with Crippen LogP contribution in [0.4, 0.5) is 14.5 Å². The van der Waals surface area contributed by atoms with E-state index in [4.69, 9.17) is 0 Å². The van der Waals surface area contributed by atoms with Crippen molar-refractivity contribution in [2.24, 2.45) is 0 Å². The number of hydrogen-bond acceptors (Lipinski definition) is 4. The topological polar surface area (TPSA) is 92.3 Å². The molecule has 2 rings (SSSR count). The fourth-order valence-electron chi connectivity index (χ4n) is 1.93. The first-order valence-electron chi connectivity index (χ1n) is 6.04. The summed E-state index contributed by atoms with van der Waals surface area (Å²) in [4.78, 5) is 23.1. The molecule has 0 radical (unpaired) electrons. The highest BCUT2D eigenvalue weighted by Gasteiger charge is 2.30. The minimum absolute atomic E-state index is 0.0494. The Hall–Kier alpha value is -2.03. The SMILES string of the molecule is O=C(Nc1ccc(F)cc1F)C(=O)NC1CCS(=O)(=O)C1. The second kappa shape index (κ2) is 5.76. The lowest BCUT2D eigenvalue weighted by Crippen LogP contribution is -2.42. The number of carbonyl (C=O) groups is 2. The second-order valence-electron chi connectivity index (χ2n) is 4.65. The maximum Gasteiger partial charge on any atom is 0.313 e. The first kappa shape index (κ1) is 15.4. The predicted molar refractivity (Wildman–Crippen MR) is 70.2 cm³/mol. The smallest absolute Gasteiger partial charge is 0.313 e. The van der Waals surface area contributed by atoms with Gasteiger partial charge in [-0.25, -0.2) is 17.2 Å². The van der Waals surface area contributed by atoms with Gasteiger partial charge in [-0.1, -0.05) is 0 Å². The monoisotopic (exact) mass is 318 g/mol. The van der Waals surface area contributed by atoms with Crippen LogP contribution in [0.25, 0.3) is 0 Å². The normalized spacial score (nSPS) is 20.0. The lowest BCUT2D eigenvalue weighted by molar-refractivity contribution is -0.136. The molecule has 21 heavy (non-hydrogen) atoms. The molecule has 1 atom stereocenters. The Morgan fingerprint density at radius 2 is 1.90 bits per heavy atom. The van der Waals surface area contributed by atoms with Crippen LogP contribution >= 0.6 is 0 Å². The van der Waals surface area contributed by atoms with Crippen LogP contribution in [0.3, 0.4) is 0 Å². The van der Waals surface area contributed by atoms with Gasteiger partial charge in [-0.3, -0.25) is 9.59 Å². The van der Waals surface area contributed by atoms with Crippen molar-refractivity contribution in [1.29, 1.82) is 0 Å². The summed E-state index contributed by atoms with van der Waals surface area (Å²) in [5.74, 6) is -4.32. The number of amides is 2. The van der Waals surface area contributed by atoms with Crippen LogP contribution in [0.15, 0.2) is 18.2 Å². The fourth-order valence-corrected chi connectivity index (χ4v) is 3.60. The summed E-state index contributed by atoms with van der Waals surface area (Å²) in [6, 6.07) is 1.85. The van der Waals surface area contributed by atoms with E-state index in [1.54, 1.807) is 0 Å². The summed E-state index contributed by atoms with van der Waals surface area (Å²) in [6.45, 7) is 0. The predicted octanol–water partition coefficient (Wildman–Crippen LogP) is 0.207. The van der Waals surface area contributed by atoms with Crippen molar-refractivity contribution < 1.29 is 26.8 Å². The molecule has 6 nitrogen and oxygen atoms in total. The van der Waals surface area contributed by atoms with E-state index < -0.39 is 39.3 Å². The third kappa shape index (κ3) is 3.97. The number of benzene rings is 1. The van der Waals surface area contributed by atoms with Gasteiger partial charge in [-0.2, -0.15) is 0 Å². The van der Waals surface area contributed by atoms with Crippen molar-refractivity contribution in [3.8, 4) is 0 Å². The maximum absolute atomic E-state index is 13.3. The standard InChI is InChI=1S/C12H12F2N2O4S/c13-7-1-2-10(9(14)5-7)16-12(18)11(17)15-8-3-4-21(19,20)6-8/h1-2,5,8H,3-4,6H2,(H,15,17)(H,16,18). The third-order valence-electron chi connectivity index (χ3n) is 2.95. The van der Waals surface area contributed by atoms with Gasteiger partial charge in [0.25, 0.3) is 0 Å². The average molecular weight is 318 g/mol. The molecule has 114 valence electrons. The van der Waals surface area contributed by atoms with E-state index >= 15 is 0 Å². The number of halogens is 2. The van der Waals surface area contributed by atoms with E-state index in [0.29, 0.717) is 6.07 Å². The van der Waals surface area contributed by atoms with Crippen LogP contribution in [-0.2, 0) is 19.4 Å². The molecule has 1 aromatic carbocycles. The van der Waals surface area contributed by atoms with Crippen molar-refractivity contribution in [2.75, 3.05) is 16.8 Å². The molecule has 1 fully saturated rings. The zero-order valence-corrected chi connectivity index (χ0v) is 11.5. The zero-order chi connectivity index (χ0) is 15.6. The Kier molecular flexibility index (Phi) is 4.21. The number of nitrogens with one attached hydrogen (secondary N) is 2. The summed E-state index contributed by atoms with van der Waals surface area (Å²) >= 11 is 0. The molecule has 1 aliphatic rings. The van der Waals surface area contributed by atoms with Crippen molar-refractivity contribution in [1.82, 2.24) is 5.32 Å². The highest BCUT2D eigenvalue weighted by atomic mass is 32.2. The van der Waals surface area contributed by atoms with E-state index in [-0.39, 0.29) is 23.6 Å². The third-order valence-corrected chi connectivity index (χ3v) is 4.72. The summed E-state index contributed by atoms with van der Waals surface area (Å²) in [7, 11) is -3.19. The van der Waals surface area contributed by atoms with Gasteiger partial charge >= 0.3 is 11.8 Å². The van der Waals surface area contributed by atoms with Gasteiger partial charge < -0.3 is 10.6 Å². The Bertz CT molecular complexity index is 690. The second-order valence-corrected chi connectivity index (χ2v) is 6.88. The van der Waals surface area contributed by atoms with Gasteiger partial charge in [0, 0.05) is 12.1 Å². The highest BCUT2D eigenvalue weighted by molar-refractivity contribution is 7.91. The van der Waals surface area contributed by atoms with Gasteiger partial charge in [-0.15, -0.1) is 0 Å². The van der Waals surface area contributed by atoms with E-state index in [1.165, 1.54) is 0 Å². The number of sulfone groups is 1. The molecule has 0 spiro atoms. The summed E-state index contributed by atoms with van der Waals surface area (Å²) in [5, 5.41) is 4.25. The van der Waals surface area contributed by atoms with Crippen LogP contribution < -0.4 is 10.6 Å². The van der Waals surface area contributed by atoms with Crippen LogP contribution in [0.1, 0.15) is 6.42 Å². The molecule has 1 aromatic rings. The molecule has 1 saturated heterocycles. The Labute approximate surface area is 119 Å². The Morgan fingerprint density at radius 3 is 2.48 bits per heavy atom. The molecule has 0 aromatic heterocycles. The first-order chi connectivity index (χ1) is 9.77. The van der Waals surface area contributed by atoms with Crippen LogP contribution in [-0.4, -0.2) is 37.8 Å². The van der Waals surface area contributed by atoms with E-state index in [9.17, 15) is 26.8 Å². The highest BCUT2D eigenvalue weighted by Crippen LogP contribution is 2.15. The van der Waals surface area contributed by atoms with E-state index in [0.717, 1.165) is 12.1 Å². The van der Waals surface area contributed by atoms with Crippen LogP contribution in [0, 0.1) is 11.6 Å². The molecular formula is C12H12F2N2O4S. The molecule has 9 heteroatoms. The van der Waals surface area contributed by atoms with Gasteiger partial charge in [0.2, 0.25) is 0 Å². The van der Waals surface area contributed by atoms with Gasteiger partial charge in [-0.05, 0) is 18.6 Å². The lowest BCUT2D eigenvalue weighted by atomic mass is 10.2. The lowest BCUT2D eigenvalue weighted by Gasteiger charge is -2.11. The summed E-state index contributed by atoms with van der Waals surface area (Å²) in [6.07, 6.45) is 0.228. The number of hydrogen-bond donors (Lipinski definition) is 2. The molecular weight excluding hydrogens is 306 g/mol. The van der Waals surface area contributed by atoms with Crippen molar-refractivity contribution >= 4 is 27.3 Å². The maximum atomic E-state index is 13.3. The number of carbonyl (C=O) groups excluding carboxylic acids is 2. The Morgan fingerprint density at radius 1 is 1.19 bits per heavy atom. The molecule has 1 heterocycles. The molecule has 1 unspecified atom stereocenters. The van der Waals surface area contributed by atoms with Gasteiger partial charge in [0.05, 0.1) is 17.2 Å². The average Bonchev–Trinajstić information content (AvgIpc) is 2.72. The van der Waals surface area contributed by atoms with E-state index in [2.05, 4.69) is 5.32 Å². The summed E-state index contributed by atoms with van der Waals surface area (Å²) in [5.41, 5.74) is -0.337. The number of rotatable bonds is 2. The number of anilines is 1. The van der Waals surface area contributed by atoms with Crippen LogP contribution in [0.5, 0.6) is 0 Å².